The fourth-order valence-corrected chi connectivity index (χ4v) is 5.91. The molecule has 38 heavy (non-hydrogen) atoms. The van der Waals surface area contributed by atoms with E-state index in [0.29, 0.717) is 33.3 Å². The van der Waals surface area contributed by atoms with Gasteiger partial charge in [0.25, 0.3) is 10.0 Å². The number of rotatable bonds is 10. The summed E-state index contributed by atoms with van der Waals surface area (Å²) < 4.78 is 28.8. The standard InChI is InChI=1S/C28H31Cl2N3O4S/c1-5-25(28(35)31-4)32(17-21-12-15-23(29)24(30)16-21)27(34)18-33(26-9-7-6-8-20(26)3)38(36,37)22-13-10-19(2)11-14-22/h6-16,25H,5,17-18H2,1-4H3,(H,31,35)/t25-/m0/s1. The highest BCUT2D eigenvalue weighted by atomic mass is 35.5. The SMILES string of the molecule is CC[C@@H](C(=O)NC)N(Cc1ccc(Cl)c(Cl)c1)C(=O)CN(c1ccccc1C)S(=O)(=O)c1ccc(C)cc1. The lowest BCUT2D eigenvalue weighted by Gasteiger charge is -2.33. The van der Waals surface area contributed by atoms with Crippen molar-refractivity contribution in [3.05, 3.63) is 93.5 Å². The van der Waals surface area contributed by atoms with Gasteiger partial charge in [-0.1, -0.05) is 72.1 Å². The lowest BCUT2D eigenvalue weighted by atomic mass is 10.1. The van der Waals surface area contributed by atoms with Crippen molar-refractivity contribution in [2.24, 2.45) is 0 Å². The van der Waals surface area contributed by atoms with Crippen molar-refractivity contribution in [3.8, 4) is 0 Å². The number of carbonyl (C=O) groups is 2. The van der Waals surface area contributed by atoms with E-state index >= 15 is 0 Å². The number of likely N-dealkylation sites (N-methyl/N-ethyl adjacent to an activating group) is 1. The molecule has 0 spiro atoms. The first-order valence-electron chi connectivity index (χ1n) is 12.1. The molecule has 0 aromatic heterocycles. The summed E-state index contributed by atoms with van der Waals surface area (Å²) in [6.45, 7) is 4.97. The number of hydrogen-bond acceptors (Lipinski definition) is 4. The molecule has 0 radical (unpaired) electrons. The Labute approximate surface area is 234 Å². The van der Waals surface area contributed by atoms with E-state index in [2.05, 4.69) is 5.32 Å². The molecule has 1 atom stereocenters. The van der Waals surface area contributed by atoms with Gasteiger partial charge < -0.3 is 10.2 Å². The van der Waals surface area contributed by atoms with Crippen LogP contribution in [0.15, 0.2) is 71.6 Å². The van der Waals surface area contributed by atoms with Crippen LogP contribution in [0.3, 0.4) is 0 Å². The molecule has 10 heteroatoms. The third-order valence-corrected chi connectivity index (χ3v) is 8.75. The Hall–Kier alpha value is -3.07. The second kappa shape index (κ2) is 12.7. The summed E-state index contributed by atoms with van der Waals surface area (Å²) in [4.78, 5) is 28.2. The van der Waals surface area contributed by atoms with Gasteiger partial charge in [-0.2, -0.15) is 0 Å². The summed E-state index contributed by atoms with van der Waals surface area (Å²) in [6.07, 6.45) is 0.321. The molecule has 202 valence electrons. The van der Waals surface area contributed by atoms with E-state index < -0.39 is 28.5 Å². The van der Waals surface area contributed by atoms with Gasteiger partial charge in [0.2, 0.25) is 11.8 Å². The molecule has 0 fully saturated rings. The molecular formula is C28H31Cl2N3O4S. The topological polar surface area (TPSA) is 86.8 Å². The minimum Gasteiger partial charge on any atom is -0.357 e. The minimum atomic E-state index is -4.12. The van der Waals surface area contributed by atoms with Gasteiger partial charge in [-0.25, -0.2) is 8.42 Å². The quantitative estimate of drug-likeness (QED) is 0.352. The Kier molecular flexibility index (Phi) is 9.82. The molecule has 0 unspecified atom stereocenters. The van der Waals surface area contributed by atoms with Crippen LogP contribution in [0.4, 0.5) is 5.69 Å². The van der Waals surface area contributed by atoms with E-state index in [4.69, 9.17) is 23.2 Å². The summed E-state index contributed by atoms with van der Waals surface area (Å²) in [5.74, 6) is -0.893. The maximum absolute atomic E-state index is 13.9. The zero-order valence-electron chi connectivity index (χ0n) is 21.7. The average Bonchev–Trinajstić information content (AvgIpc) is 2.89. The Morgan fingerprint density at radius 1 is 0.947 bits per heavy atom. The highest BCUT2D eigenvalue weighted by molar-refractivity contribution is 7.92. The highest BCUT2D eigenvalue weighted by Gasteiger charge is 2.33. The lowest BCUT2D eigenvalue weighted by molar-refractivity contribution is -0.140. The molecule has 0 aliphatic heterocycles. The molecule has 7 nitrogen and oxygen atoms in total. The van der Waals surface area contributed by atoms with Gasteiger partial charge in [-0.05, 0) is 61.7 Å². The number of aryl methyl sites for hydroxylation is 2. The summed E-state index contributed by atoms with van der Waals surface area (Å²) in [5, 5.41) is 3.28. The van der Waals surface area contributed by atoms with Crippen LogP contribution >= 0.6 is 23.2 Å². The smallest absolute Gasteiger partial charge is 0.264 e. The number of benzene rings is 3. The highest BCUT2D eigenvalue weighted by Crippen LogP contribution is 2.28. The van der Waals surface area contributed by atoms with Gasteiger partial charge in [0.1, 0.15) is 12.6 Å². The third kappa shape index (κ3) is 6.67. The number of halogens is 2. The predicted octanol–water partition coefficient (Wildman–Crippen LogP) is 5.36. The Morgan fingerprint density at radius 3 is 2.18 bits per heavy atom. The molecule has 3 aromatic rings. The Morgan fingerprint density at radius 2 is 1.61 bits per heavy atom. The van der Waals surface area contributed by atoms with Crippen LogP contribution in [0.5, 0.6) is 0 Å². The predicted molar refractivity (Wildman–Crippen MR) is 152 cm³/mol. The van der Waals surface area contributed by atoms with Gasteiger partial charge in [0.05, 0.1) is 20.6 Å². The first kappa shape index (κ1) is 29.5. The second-order valence-electron chi connectivity index (χ2n) is 8.92. The van der Waals surface area contributed by atoms with Crippen LogP contribution in [0, 0.1) is 13.8 Å². The molecular weight excluding hydrogens is 545 g/mol. The lowest BCUT2D eigenvalue weighted by Crippen LogP contribution is -2.51. The van der Waals surface area contributed by atoms with E-state index in [1.165, 1.54) is 24.1 Å². The monoisotopic (exact) mass is 575 g/mol. The number of para-hydroxylation sites is 1. The maximum atomic E-state index is 13.9. The van der Waals surface area contributed by atoms with Crippen LogP contribution in [0.1, 0.15) is 30.0 Å². The molecule has 0 heterocycles. The van der Waals surface area contributed by atoms with E-state index in [1.807, 2.05) is 6.92 Å². The third-order valence-electron chi connectivity index (χ3n) is 6.24. The van der Waals surface area contributed by atoms with Gasteiger partial charge in [-0.15, -0.1) is 0 Å². The minimum absolute atomic E-state index is 0.0356. The summed E-state index contributed by atoms with van der Waals surface area (Å²) >= 11 is 12.3. The summed E-state index contributed by atoms with van der Waals surface area (Å²) in [6, 6.07) is 17.5. The molecule has 3 aromatic carbocycles. The fraction of sp³-hybridized carbons (Fsp3) is 0.286. The average molecular weight is 577 g/mol. The number of anilines is 1. The number of amides is 2. The Balaban J connectivity index is 2.08. The van der Waals surface area contributed by atoms with Crippen LogP contribution in [0.2, 0.25) is 10.0 Å². The van der Waals surface area contributed by atoms with Crippen LogP contribution < -0.4 is 9.62 Å². The van der Waals surface area contributed by atoms with Crippen molar-refractivity contribution >= 4 is 50.7 Å². The first-order valence-corrected chi connectivity index (χ1v) is 14.3. The number of nitrogens with zero attached hydrogens (tertiary/aromatic N) is 2. The molecule has 0 bridgehead atoms. The molecule has 1 N–H and O–H groups in total. The van der Waals surface area contributed by atoms with E-state index in [-0.39, 0.29) is 17.3 Å². The van der Waals surface area contributed by atoms with E-state index in [1.54, 1.807) is 68.4 Å². The second-order valence-corrected chi connectivity index (χ2v) is 11.6. The van der Waals surface area contributed by atoms with Crippen LogP contribution in [-0.4, -0.2) is 44.8 Å². The number of nitrogens with one attached hydrogen (secondary N) is 1. The summed E-state index contributed by atoms with van der Waals surface area (Å²) in [5.41, 5.74) is 2.62. The zero-order chi connectivity index (χ0) is 28.0. The molecule has 0 saturated carbocycles. The van der Waals surface area contributed by atoms with E-state index in [0.717, 1.165) is 9.87 Å². The molecule has 3 rings (SSSR count). The van der Waals surface area contributed by atoms with Crippen molar-refractivity contribution in [1.82, 2.24) is 10.2 Å². The van der Waals surface area contributed by atoms with Crippen molar-refractivity contribution in [1.29, 1.82) is 0 Å². The normalized spacial score (nSPS) is 12.1. The van der Waals surface area contributed by atoms with Gasteiger partial charge in [0, 0.05) is 13.6 Å². The zero-order valence-corrected chi connectivity index (χ0v) is 24.1. The van der Waals surface area contributed by atoms with E-state index in [9.17, 15) is 18.0 Å². The van der Waals surface area contributed by atoms with Gasteiger partial charge >= 0.3 is 0 Å². The Bertz CT molecular complexity index is 1410. The molecule has 0 aliphatic carbocycles. The fourth-order valence-electron chi connectivity index (χ4n) is 4.11. The van der Waals surface area contributed by atoms with Crippen LogP contribution in [0.25, 0.3) is 0 Å². The molecule has 0 aliphatic rings. The van der Waals surface area contributed by atoms with Crippen molar-refractivity contribution in [2.75, 3.05) is 17.9 Å². The van der Waals surface area contributed by atoms with Crippen molar-refractivity contribution in [3.63, 3.8) is 0 Å². The summed E-state index contributed by atoms with van der Waals surface area (Å²) in [7, 11) is -2.62. The number of hydrogen-bond donors (Lipinski definition) is 1. The largest absolute Gasteiger partial charge is 0.357 e. The number of carbonyl (C=O) groups excluding carboxylic acids is 2. The van der Waals surface area contributed by atoms with Gasteiger partial charge in [-0.3, -0.25) is 13.9 Å². The first-order chi connectivity index (χ1) is 18.0. The molecule has 2 amide bonds. The number of sulfonamides is 1. The van der Waals surface area contributed by atoms with Gasteiger partial charge in [0.15, 0.2) is 0 Å². The maximum Gasteiger partial charge on any atom is 0.264 e. The van der Waals surface area contributed by atoms with Crippen LogP contribution in [-0.2, 0) is 26.2 Å². The molecule has 0 saturated heterocycles. The van der Waals surface area contributed by atoms with Crippen molar-refractivity contribution < 1.29 is 18.0 Å². The van der Waals surface area contributed by atoms with Crippen molar-refractivity contribution in [2.45, 2.75) is 44.7 Å².